The van der Waals surface area contributed by atoms with Crippen molar-refractivity contribution in [2.45, 2.75) is 13.0 Å². The molecule has 4 rings (SSSR count). The zero-order chi connectivity index (χ0) is 18.5. The van der Waals surface area contributed by atoms with Crippen LogP contribution in [0.4, 0.5) is 0 Å². The van der Waals surface area contributed by atoms with Gasteiger partial charge in [-0.1, -0.05) is 53.7 Å². The van der Waals surface area contributed by atoms with Crippen LogP contribution in [0.2, 0.25) is 0 Å². The molecule has 0 radical (unpaired) electrons. The summed E-state index contributed by atoms with van der Waals surface area (Å²) in [4.78, 5) is 21.2. The third-order valence-corrected chi connectivity index (χ3v) is 4.75. The zero-order valence-electron chi connectivity index (χ0n) is 15.1. The fourth-order valence-corrected chi connectivity index (χ4v) is 3.27. The van der Waals surface area contributed by atoms with Crippen molar-refractivity contribution >= 4 is 5.91 Å². The molecule has 1 fully saturated rings. The first kappa shape index (κ1) is 17.4. The fourth-order valence-electron chi connectivity index (χ4n) is 3.27. The zero-order valence-corrected chi connectivity index (χ0v) is 15.1. The second-order valence-electron chi connectivity index (χ2n) is 6.70. The van der Waals surface area contributed by atoms with Gasteiger partial charge >= 0.3 is 0 Å². The van der Waals surface area contributed by atoms with E-state index >= 15 is 0 Å². The molecule has 0 saturated carbocycles. The van der Waals surface area contributed by atoms with Crippen molar-refractivity contribution in [3.63, 3.8) is 0 Å². The number of nitrogens with zero attached hydrogens (tertiary/aromatic N) is 4. The smallest absolute Gasteiger partial charge is 0.253 e. The minimum Gasteiger partial charge on any atom is -0.338 e. The summed E-state index contributed by atoms with van der Waals surface area (Å²) in [7, 11) is 0. The minimum absolute atomic E-state index is 0.0955. The lowest BCUT2D eigenvalue weighted by atomic mass is 10.1. The van der Waals surface area contributed by atoms with Crippen LogP contribution in [0.5, 0.6) is 0 Å². The second-order valence-corrected chi connectivity index (χ2v) is 6.70. The summed E-state index contributed by atoms with van der Waals surface area (Å²) in [6.07, 6.45) is 0.670. The predicted octanol–water partition coefficient (Wildman–Crippen LogP) is 2.62. The molecule has 6 heteroatoms. The number of amides is 1. The van der Waals surface area contributed by atoms with Crippen LogP contribution < -0.4 is 0 Å². The molecule has 3 aromatic rings. The number of hydrogen-bond donors (Lipinski definition) is 0. The van der Waals surface area contributed by atoms with E-state index in [-0.39, 0.29) is 5.91 Å². The summed E-state index contributed by atoms with van der Waals surface area (Å²) in [5, 5.41) is 4.08. The SMILES string of the molecule is O=C(c1ccccc1)N1CCN(Cc2nc(Cc3ccccc3)no2)CC1. The van der Waals surface area contributed by atoms with Gasteiger partial charge in [-0.3, -0.25) is 9.69 Å². The van der Waals surface area contributed by atoms with Gasteiger partial charge < -0.3 is 9.42 Å². The van der Waals surface area contributed by atoms with Gasteiger partial charge in [-0.25, -0.2) is 0 Å². The Labute approximate surface area is 158 Å². The number of benzene rings is 2. The van der Waals surface area contributed by atoms with Gasteiger partial charge in [-0.05, 0) is 17.7 Å². The maximum absolute atomic E-state index is 12.5. The van der Waals surface area contributed by atoms with Gasteiger partial charge in [0.25, 0.3) is 5.91 Å². The molecule has 2 aromatic carbocycles. The molecule has 1 amide bonds. The summed E-state index contributed by atoms with van der Waals surface area (Å²) in [5.74, 6) is 1.43. The summed E-state index contributed by atoms with van der Waals surface area (Å²) in [6.45, 7) is 3.64. The number of carbonyl (C=O) groups excluding carboxylic acids is 1. The Morgan fingerprint density at radius 2 is 1.59 bits per heavy atom. The van der Waals surface area contributed by atoms with E-state index in [4.69, 9.17) is 4.52 Å². The summed E-state index contributed by atoms with van der Waals surface area (Å²) >= 11 is 0. The third-order valence-electron chi connectivity index (χ3n) is 4.75. The van der Waals surface area contributed by atoms with Crippen molar-refractivity contribution in [1.29, 1.82) is 0 Å². The first-order valence-corrected chi connectivity index (χ1v) is 9.20. The van der Waals surface area contributed by atoms with Crippen LogP contribution in [0.3, 0.4) is 0 Å². The van der Waals surface area contributed by atoms with Crippen LogP contribution in [0.15, 0.2) is 65.2 Å². The highest BCUT2D eigenvalue weighted by atomic mass is 16.5. The van der Waals surface area contributed by atoms with E-state index in [1.165, 1.54) is 0 Å². The molecule has 2 heterocycles. The van der Waals surface area contributed by atoms with E-state index in [0.29, 0.717) is 37.8 Å². The molecular weight excluding hydrogens is 340 g/mol. The van der Waals surface area contributed by atoms with Gasteiger partial charge in [0, 0.05) is 38.2 Å². The van der Waals surface area contributed by atoms with Crippen molar-refractivity contribution in [3.8, 4) is 0 Å². The first-order valence-electron chi connectivity index (χ1n) is 9.20. The normalized spacial score (nSPS) is 15.0. The van der Waals surface area contributed by atoms with Gasteiger partial charge in [0.05, 0.1) is 6.54 Å². The number of rotatable bonds is 5. The van der Waals surface area contributed by atoms with Gasteiger partial charge in [-0.2, -0.15) is 4.98 Å². The van der Waals surface area contributed by atoms with E-state index < -0.39 is 0 Å². The molecule has 0 spiro atoms. The molecule has 0 bridgehead atoms. The van der Waals surface area contributed by atoms with Crippen molar-refractivity contribution in [2.75, 3.05) is 26.2 Å². The molecule has 1 aromatic heterocycles. The van der Waals surface area contributed by atoms with Crippen LogP contribution >= 0.6 is 0 Å². The van der Waals surface area contributed by atoms with Gasteiger partial charge in [0.15, 0.2) is 5.82 Å². The Morgan fingerprint density at radius 3 is 2.30 bits per heavy atom. The first-order chi connectivity index (χ1) is 13.3. The molecule has 1 saturated heterocycles. The molecule has 0 atom stereocenters. The largest absolute Gasteiger partial charge is 0.338 e. The second kappa shape index (κ2) is 8.14. The van der Waals surface area contributed by atoms with E-state index in [1.807, 2.05) is 53.4 Å². The highest BCUT2D eigenvalue weighted by Gasteiger charge is 2.23. The quantitative estimate of drug-likeness (QED) is 0.698. The van der Waals surface area contributed by atoms with Crippen LogP contribution in [0, 0.1) is 0 Å². The number of piperazine rings is 1. The summed E-state index contributed by atoms with van der Waals surface area (Å²) in [5.41, 5.74) is 1.91. The van der Waals surface area contributed by atoms with E-state index in [2.05, 4.69) is 27.2 Å². The fraction of sp³-hybridized carbons (Fsp3) is 0.286. The van der Waals surface area contributed by atoms with E-state index in [0.717, 1.165) is 24.2 Å². The lowest BCUT2D eigenvalue weighted by Crippen LogP contribution is -2.48. The maximum atomic E-state index is 12.5. The van der Waals surface area contributed by atoms with Gasteiger partial charge in [0.2, 0.25) is 5.89 Å². The molecule has 27 heavy (non-hydrogen) atoms. The minimum atomic E-state index is 0.0955. The average Bonchev–Trinajstić information content (AvgIpc) is 3.16. The van der Waals surface area contributed by atoms with Crippen LogP contribution in [0.1, 0.15) is 27.6 Å². The molecule has 0 N–H and O–H groups in total. The molecule has 0 unspecified atom stereocenters. The standard InChI is InChI=1S/C21H22N4O2/c26-21(18-9-5-2-6-10-18)25-13-11-24(12-14-25)16-20-22-19(23-27-20)15-17-7-3-1-4-8-17/h1-10H,11-16H2. The Bertz CT molecular complexity index is 871. The molecule has 6 nitrogen and oxygen atoms in total. The van der Waals surface area contributed by atoms with Crippen molar-refractivity contribution in [2.24, 2.45) is 0 Å². The Kier molecular flexibility index (Phi) is 5.25. The third kappa shape index (κ3) is 4.41. The number of hydrogen-bond acceptors (Lipinski definition) is 5. The van der Waals surface area contributed by atoms with Gasteiger partial charge in [-0.15, -0.1) is 0 Å². The Balaban J connectivity index is 1.29. The maximum Gasteiger partial charge on any atom is 0.253 e. The molecular formula is C21H22N4O2. The van der Waals surface area contributed by atoms with Crippen LogP contribution in [-0.2, 0) is 13.0 Å². The topological polar surface area (TPSA) is 62.5 Å². The Hall–Kier alpha value is -2.99. The Morgan fingerprint density at radius 1 is 0.926 bits per heavy atom. The van der Waals surface area contributed by atoms with Crippen molar-refractivity contribution < 1.29 is 9.32 Å². The van der Waals surface area contributed by atoms with Crippen LogP contribution in [-0.4, -0.2) is 52.0 Å². The van der Waals surface area contributed by atoms with Gasteiger partial charge in [0.1, 0.15) is 0 Å². The number of aromatic nitrogens is 2. The highest BCUT2D eigenvalue weighted by molar-refractivity contribution is 5.94. The van der Waals surface area contributed by atoms with Crippen molar-refractivity contribution in [3.05, 3.63) is 83.5 Å². The van der Waals surface area contributed by atoms with Crippen molar-refractivity contribution in [1.82, 2.24) is 19.9 Å². The summed E-state index contributed by atoms with van der Waals surface area (Å²) < 4.78 is 5.40. The summed E-state index contributed by atoms with van der Waals surface area (Å²) in [6, 6.07) is 19.6. The molecule has 1 aliphatic rings. The lowest BCUT2D eigenvalue weighted by Gasteiger charge is -2.34. The van der Waals surface area contributed by atoms with Crippen LogP contribution in [0.25, 0.3) is 0 Å². The molecule has 138 valence electrons. The molecule has 0 aliphatic carbocycles. The molecule has 1 aliphatic heterocycles. The lowest BCUT2D eigenvalue weighted by molar-refractivity contribution is 0.0615. The highest BCUT2D eigenvalue weighted by Crippen LogP contribution is 2.12. The predicted molar refractivity (Wildman–Crippen MR) is 101 cm³/mol. The average molecular weight is 362 g/mol. The number of carbonyl (C=O) groups is 1. The van der Waals surface area contributed by atoms with E-state index in [1.54, 1.807) is 0 Å². The monoisotopic (exact) mass is 362 g/mol. The van der Waals surface area contributed by atoms with E-state index in [9.17, 15) is 4.79 Å².